The quantitative estimate of drug-likeness (QED) is 0.574. The summed E-state index contributed by atoms with van der Waals surface area (Å²) in [7, 11) is 0. The molecule has 1 heterocycles. The molecule has 3 nitrogen and oxygen atoms in total. The molecule has 0 bridgehead atoms. The monoisotopic (exact) mass is 353 g/mol. The van der Waals surface area contributed by atoms with E-state index in [4.69, 9.17) is 4.42 Å². The lowest BCUT2D eigenvalue weighted by Crippen LogP contribution is -2.13. The van der Waals surface area contributed by atoms with E-state index in [1.165, 1.54) is 11.1 Å². The van der Waals surface area contributed by atoms with Crippen LogP contribution < -0.4 is 5.32 Å². The first kappa shape index (κ1) is 17.6. The lowest BCUT2D eigenvalue weighted by Gasteiger charge is -2.09. The van der Waals surface area contributed by atoms with Gasteiger partial charge in [0.05, 0.1) is 5.69 Å². The van der Waals surface area contributed by atoms with Crippen LogP contribution in [0.3, 0.4) is 0 Å². The third-order valence-electron chi connectivity index (χ3n) is 4.40. The number of hydrogen-bond acceptors (Lipinski definition) is 3. The predicted molar refractivity (Wildman–Crippen MR) is 106 cm³/mol. The van der Waals surface area contributed by atoms with E-state index in [1.807, 2.05) is 30.3 Å². The Hall–Kier alpha value is -2.20. The van der Waals surface area contributed by atoms with E-state index in [0.29, 0.717) is 5.76 Å². The largest absolute Gasteiger partial charge is 0.451 e. The topological polar surface area (TPSA) is 42.2 Å². The SMILES string of the molecule is CCSc1ccccc1NC(=O)c1oc2cc(C)c(C)cc2c1CC. The summed E-state index contributed by atoms with van der Waals surface area (Å²) >= 11 is 1.71. The third kappa shape index (κ3) is 3.45. The summed E-state index contributed by atoms with van der Waals surface area (Å²) in [6.07, 6.45) is 0.754. The van der Waals surface area contributed by atoms with Gasteiger partial charge in [-0.2, -0.15) is 0 Å². The Kier molecular flexibility index (Phi) is 5.19. The Bertz CT molecular complexity index is 927. The van der Waals surface area contributed by atoms with Crippen molar-refractivity contribution < 1.29 is 9.21 Å². The average molecular weight is 353 g/mol. The van der Waals surface area contributed by atoms with Crippen LogP contribution in [-0.2, 0) is 6.42 Å². The molecule has 25 heavy (non-hydrogen) atoms. The van der Waals surface area contributed by atoms with Crippen LogP contribution in [0, 0.1) is 13.8 Å². The molecule has 0 aliphatic carbocycles. The Balaban J connectivity index is 2.00. The fourth-order valence-electron chi connectivity index (χ4n) is 2.97. The molecule has 0 spiro atoms. The van der Waals surface area contributed by atoms with Crippen molar-refractivity contribution >= 4 is 34.3 Å². The zero-order valence-electron chi connectivity index (χ0n) is 15.1. The van der Waals surface area contributed by atoms with Crippen molar-refractivity contribution in [2.45, 2.75) is 39.0 Å². The van der Waals surface area contributed by atoms with Gasteiger partial charge in [-0.15, -0.1) is 11.8 Å². The molecule has 0 aliphatic heterocycles. The van der Waals surface area contributed by atoms with E-state index < -0.39 is 0 Å². The van der Waals surface area contributed by atoms with Crippen LogP contribution in [0.15, 0.2) is 45.7 Å². The molecule has 0 aliphatic rings. The zero-order chi connectivity index (χ0) is 18.0. The van der Waals surface area contributed by atoms with Crippen LogP contribution >= 0.6 is 11.8 Å². The van der Waals surface area contributed by atoms with Crippen LogP contribution in [-0.4, -0.2) is 11.7 Å². The summed E-state index contributed by atoms with van der Waals surface area (Å²) in [6.45, 7) is 8.29. The fourth-order valence-corrected chi connectivity index (χ4v) is 3.73. The Morgan fingerprint density at radius 3 is 2.56 bits per heavy atom. The maximum absolute atomic E-state index is 12.9. The lowest BCUT2D eigenvalue weighted by molar-refractivity contribution is 0.0997. The molecular formula is C21H23NO2S. The third-order valence-corrected chi connectivity index (χ3v) is 5.36. The highest BCUT2D eigenvalue weighted by molar-refractivity contribution is 7.99. The van der Waals surface area contributed by atoms with Crippen molar-refractivity contribution in [3.05, 3.63) is 58.8 Å². The van der Waals surface area contributed by atoms with Crippen LogP contribution in [0.25, 0.3) is 11.0 Å². The number of nitrogens with one attached hydrogen (secondary N) is 1. The molecule has 1 amide bonds. The van der Waals surface area contributed by atoms with Gasteiger partial charge in [-0.25, -0.2) is 0 Å². The van der Waals surface area contributed by atoms with Crippen LogP contribution in [0.4, 0.5) is 5.69 Å². The normalized spacial score (nSPS) is 11.0. The minimum Gasteiger partial charge on any atom is -0.451 e. The van der Waals surface area contributed by atoms with E-state index in [0.717, 1.165) is 39.3 Å². The summed E-state index contributed by atoms with van der Waals surface area (Å²) in [5.74, 6) is 1.18. The van der Waals surface area contributed by atoms with Gasteiger partial charge in [-0.05, 0) is 61.4 Å². The summed E-state index contributed by atoms with van der Waals surface area (Å²) in [5.41, 5.74) is 4.95. The highest BCUT2D eigenvalue weighted by atomic mass is 32.2. The number of fused-ring (bicyclic) bond motifs is 1. The zero-order valence-corrected chi connectivity index (χ0v) is 15.9. The summed E-state index contributed by atoms with van der Waals surface area (Å²) in [4.78, 5) is 13.9. The number of anilines is 1. The Morgan fingerprint density at radius 2 is 1.84 bits per heavy atom. The molecule has 0 fully saturated rings. The van der Waals surface area contributed by atoms with Crippen molar-refractivity contribution in [1.29, 1.82) is 0 Å². The van der Waals surface area contributed by atoms with E-state index in [-0.39, 0.29) is 5.91 Å². The minimum atomic E-state index is -0.187. The molecule has 130 valence electrons. The second-order valence-corrected chi connectivity index (χ2v) is 7.39. The first-order valence-corrected chi connectivity index (χ1v) is 9.59. The van der Waals surface area contributed by atoms with Crippen molar-refractivity contribution in [2.24, 2.45) is 0 Å². The molecular weight excluding hydrogens is 330 g/mol. The molecule has 0 atom stereocenters. The number of aryl methyl sites for hydroxylation is 3. The van der Waals surface area contributed by atoms with Crippen molar-refractivity contribution in [3.8, 4) is 0 Å². The van der Waals surface area contributed by atoms with Crippen molar-refractivity contribution in [2.75, 3.05) is 11.1 Å². The Morgan fingerprint density at radius 1 is 1.12 bits per heavy atom. The van der Waals surface area contributed by atoms with Crippen LogP contribution in [0.1, 0.15) is 41.1 Å². The molecule has 4 heteroatoms. The second kappa shape index (κ2) is 7.36. The standard InChI is InChI=1S/C21H23NO2S/c1-5-15-16-11-13(3)14(4)12-18(16)24-20(15)21(23)22-17-9-7-8-10-19(17)25-6-2/h7-12H,5-6H2,1-4H3,(H,22,23). The predicted octanol–water partition coefficient (Wildman–Crippen LogP) is 5.98. The summed E-state index contributed by atoms with van der Waals surface area (Å²) in [6, 6.07) is 12.0. The molecule has 3 aromatic rings. The summed E-state index contributed by atoms with van der Waals surface area (Å²) < 4.78 is 5.94. The molecule has 0 saturated carbocycles. The number of furan rings is 1. The van der Waals surface area contributed by atoms with Crippen LogP contribution in [0.2, 0.25) is 0 Å². The average Bonchev–Trinajstić information content (AvgIpc) is 2.95. The van der Waals surface area contributed by atoms with E-state index in [2.05, 4.69) is 39.1 Å². The minimum absolute atomic E-state index is 0.187. The number of carbonyl (C=O) groups is 1. The molecule has 2 aromatic carbocycles. The number of carbonyl (C=O) groups excluding carboxylic acids is 1. The van der Waals surface area contributed by atoms with Gasteiger partial charge >= 0.3 is 0 Å². The van der Waals surface area contributed by atoms with Crippen molar-refractivity contribution in [1.82, 2.24) is 0 Å². The van der Waals surface area contributed by atoms with Gasteiger partial charge in [0.15, 0.2) is 5.76 Å². The van der Waals surface area contributed by atoms with Gasteiger partial charge in [-0.3, -0.25) is 4.79 Å². The Labute approximate surface area is 152 Å². The van der Waals surface area contributed by atoms with Gasteiger partial charge in [0.1, 0.15) is 5.58 Å². The van der Waals surface area contributed by atoms with E-state index >= 15 is 0 Å². The highest BCUT2D eigenvalue weighted by Gasteiger charge is 2.20. The molecule has 0 radical (unpaired) electrons. The number of thioether (sulfide) groups is 1. The van der Waals surface area contributed by atoms with Gasteiger partial charge in [0.25, 0.3) is 5.91 Å². The van der Waals surface area contributed by atoms with Gasteiger partial charge in [0.2, 0.25) is 0 Å². The fraction of sp³-hybridized carbons (Fsp3) is 0.286. The van der Waals surface area contributed by atoms with E-state index in [1.54, 1.807) is 11.8 Å². The maximum atomic E-state index is 12.9. The van der Waals surface area contributed by atoms with Crippen molar-refractivity contribution in [3.63, 3.8) is 0 Å². The second-order valence-electron chi connectivity index (χ2n) is 6.08. The van der Waals surface area contributed by atoms with Gasteiger partial charge in [0, 0.05) is 15.8 Å². The smallest absolute Gasteiger partial charge is 0.291 e. The van der Waals surface area contributed by atoms with Gasteiger partial charge < -0.3 is 9.73 Å². The first-order valence-electron chi connectivity index (χ1n) is 8.60. The molecule has 0 saturated heterocycles. The summed E-state index contributed by atoms with van der Waals surface area (Å²) in [5, 5.41) is 4.06. The molecule has 1 N–H and O–H groups in total. The van der Waals surface area contributed by atoms with Gasteiger partial charge in [-0.1, -0.05) is 26.0 Å². The highest BCUT2D eigenvalue weighted by Crippen LogP contribution is 2.31. The van der Waals surface area contributed by atoms with E-state index in [9.17, 15) is 4.79 Å². The number of para-hydroxylation sites is 1. The van der Waals surface area contributed by atoms with Crippen LogP contribution in [0.5, 0.6) is 0 Å². The molecule has 0 unspecified atom stereocenters. The maximum Gasteiger partial charge on any atom is 0.291 e. The number of rotatable bonds is 5. The first-order chi connectivity index (χ1) is 12.0. The lowest BCUT2D eigenvalue weighted by atomic mass is 10.0. The molecule has 3 rings (SSSR count). The number of hydrogen-bond donors (Lipinski definition) is 1. The number of amides is 1. The molecule has 1 aromatic heterocycles. The number of benzene rings is 2.